The van der Waals surface area contributed by atoms with Gasteiger partial charge in [-0.25, -0.2) is 19.9 Å². The molecule has 0 bridgehead atoms. The number of rotatable bonds is 5. The summed E-state index contributed by atoms with van der Waals surface area (Å²) in [5, 5.41) is 4.50. The molecule has 1 aliphatic rings. The van der Waals surface area contributed by atoms with Gasteiger partial charge in [0.15, 0.2) is 11.6 Å². The van der Waals surface area contributed by atoms with Crippen molar-refractivity contribution in [3.05, 3.63) is 59.3 Å². The Morgan fingerprint density at radius 3 is 2.66 bits per heavy atom. The van der Waals surface area contributed by atoms with Crippen molar-refractivity contribution >= 4 is 11.0 Å². The molecule has 0 aliphatic heterocycles. The number of nitrogens with zero attached hydrogens (tertiary/aromatic N) is 7. The Morgan fingerprint density at radius 1 is 1.03 bits per heavy atom. The van der Waals surface area contributed by atoms with Gasteiger partial charge in [-0.3, -0.25) is 0 Å². The van der Waals surface area contributed by atoms with Crippen LogP contribution in [-0.2, 0) is 18.4 Å². The van der Waals surface area contributed by atoms with Crippen molar-refractivity contribution in [1.82, 2.24) is 34.3 Å². The average molecular weight is 389 g/mol. The van der Waals surface area contributed by atoms with Gasteiger partial charge in [-0.1, -0.05) is 12.1 Å². The second kappa shape index (κ2) is 6.73. The van der Waals surface area contributed by atoms with E-state index >= 15 is 0 Å². The normalized spacial score (nSPS) is 18.5. The van der Waals surface area contributed by atoms with Crippen LogP contribution in [-0.4, -0.2) is 41.4 Å². The first kappa shape index (κ1) is 17.9. The minimum atomic E-state index is 0.335. The SMILES string of the molecule is COCc1nc(C)nn1-c1cc(C2CC2c2nc3ccccc3n2C)nc(C)n1. The summed E-state index contributed by atoms with van der Waals surface area (Å²) in [6.07, 6.45) is 1.04. The van der Waals surface area contributed by atoms with E-state index in [1.54, 1.807) is 11.8 Å². The van der Waals surface area contributed by atoms with E-state index in [2.05, 4.69) is 44.9 Å². The van der Waals surface area contributed by atoms with Crippen molar-refractivity contribution < 1.29 is 4.74 Å². The molecule has 8 nitrogen and oxygen atoms in total. The summed E-state index contributed by atoms with van der Waals surface area (Å²) in [5.74, 6) is 4.70. The fraction of sp³-hybridized carbons (Fsp3) is 0.381. The van der Waals surface area contributed by atoms with Crippen molar-refractivity contribution in [3.8, 4) is 5.82 Å². The molecule has 2 atom stereocenters. The molecular formula is C21H23N7O. The van der Waals surface area contributed by atoms with Crippen molar-refractivity contribution in [2.24, 2.45) is 7.05 Å². The molecular weight excluding hydrogens is 366 g/mol. The molecule has 3 aromatic heterocycles. The van der Waals surface area contributed by atoms with Crippen LogP contribution in [0.2, 0.25) is 0 Å². The Bertz CT molecular complexity index is 1210. The molecule has 2 unspecified atom stereocenters. The number of hydrogen-bond acceptors (Lipinski definition) is 6. The number of methoxy groups -OCH3 is 1. The lowest BCUT2D eigenvalue weighted by atomic mass is 10.2. The number of ether oxygens (including phenoxy) is 1. The summed E-state index contributed by atoms with van der Waals surface area (Å²) < 4.78 is 9.22. The monoisotopic (exact) mass is 389 g/mol. The zero-order valence-electron chi connectivity index (χ0n) is 17.0. The first-order chi connectivity index (χ1) is 14.0. The van der Waals surface area contributed by atoms with Crippen LogP contribution in [0.25, 0.3) is 16.9 Å². The highest BCUT2D eigenvalue weighted by atomic mass is 16.5. The third-order valence-corrected chi connectivity index (χ3v) is 5.44. The van der Waals surface area contributed by atoms with Gasteiger partial charge in [-0.15, -0.1) is 5.10 Å². The number of imidazole rings is 1. The maximum atomic E-state index is 5.26. The third kappa shape index (κ3) is 3.09. The van der Waals surface area contributed by atoms with Crippen LogP contribution >= 0.6 is 0 Å². The molecule has 0 amide bonds. The van der Waals surface area contributed by atoms with E-state index < -0.39 is 0 Å². The summed E-state index contributed by atoms with van der Waals surface area (Å²) in [6.45, 7) is 4.16. The van der Waals surface area contributed by atoms with Crippen LogP contribution in [0.5, 0.6) is 0 Å². The molecule has 0 spiro atoms. The maximum absolute atomic E-state index is 5.26. The van der Waals surface area contributed by atoms with Crippen molar-refractivity contribution in [2.75, 3.05) is 7.11 Å². The van der Waals surface area contributed by atoms with Crippen LogP contribution in [0.4, 0.5) is 0 Å². The van der Waals surface area contributed by atoms with Crippen LogP contribution in [0.1, 0.15) is 47.2 Å². The molecule has 1 saturated carbocycles. The molecule has 4 aromatic rings. The number of aryl methyl sites for hydroxylation is 3. The lowest BCUT2D eigenvalue weighted by Gasteiger charge is -2.08. The van der Waals surface area contributed by atoms with E-state index in [-0.39, 0.29) is 0 Å². The summed E-state index contributed by atoms with van der Waals surface area (Å²) in [4.78, 5) is 18.6. The van der Waals surface area contributed by atoms with Gasteiger partial charge in [0.2, 0.25) is 0 Å². The van der Waals surface area contributed by atoms with Gasteiger partial charge >= 0.3 is 0 Å². The Hall–Kier alpha value is -3.13. The lowest BCUT2D eigenvalue weighted by Crippen LogP contribution is -2.09. The summed E-state index contributed by atoms with van der Waals surface area (Å²) >= 11 is 0. The van der Waals surface area contributed by atoms with Gasteiger partial charge < -0.3 is 9.30 Å². The van der Waals surface area contributed by atoms with Gasteiger partial charge in [0.25, 0.3) is 0 Å². The molecule has 0 radical (unpaired) electrons. The summed E-state index contributed by atoms with van der Waals surface area (Å²) in [5.41, 5.74) is 3.23. The fourth-order valence-electron chi connectivity index (χ4n) is 4.04. The standard InChI is InChI=1S/C21H23N7O/c1-12-22-17(10-19(23-12)28-20(11-29-4)24-13(2)26-28)14-9-15(14)21-25-16-7-5-6-8-18(16)27(21)3/h5-8,10,14-15H,9,11H2,1-4H3. The van der Waals surface area contributed by atoms with Crippen molar-refractivity contribution in [2.45, 2.75) is 38.7 Å². The first-order valence-electron chi connectivity index (χ1n) is 9.74. The van der Waals surface area contributed by atoms with E-state index in [0.717, 1.165) is 46.4 Å². The highest BCUT2D eigenvalue weighted by molar-refractivity contribution is 5.76. The van der Waals surface area contributed by atoms with Gasteiger partial charge in [0.1, 0.15) is 24.1 Å². The van der Waals surface area contributed by atoms with Gasteiger partial charge in [0.05, 0.1) is 16.7 Å². The molecule has 1 aliphatic carbocycles. The summed E-state index contributed by atoms with van der Waals surface area (Å²) in [6, 6.07) is 10.3. The minimum Gasteiger partial charge on any atom is -0.377 e. The zero-order valence-corrected chi connectivity index (χ0v) is 17.0. The first-order valence-corrected chi connectivity index (χ1v) is 9.74. The predicted octanol–water partition coefficient (Wildman–Crippen LogP) is 2.98. The zero-order chi connectivity index (χ0) is 20.1. The summed E-state index contributed by atoms with van der Waals surface area (Å²) in [7, 11) is 3.74. The minimum absolute atomic E-state index is 0.335. The number of hydrogen-bond donors (Lipinski definition) is 0. The van der Waals surface area contributed by atoms with Crippen LogP contribution in [0.15, 0.2) is 30.3 Å². The number of benzene rings is 1. The molecule has 148 valence electrons. The number of para-hydroxylation sites is 2. The molecule has 29 heavy (non-hydrogen) atoms. The van der Waals surface area contributed by atoms with E-state index in [1.807, 2.05) is 26.0 Å². The second-order valence-electron chi connectivity index (χ2n) is 7.58. The smallest absolute Gasteiger partial charge is 0.160 e. The Kier molecular flexibility index (Phi) is 4.16. The van der Waals surface area contributed by atoms with E-state index in [1.165, 1.54) is 0 Å². The van der Waals surface area contributed by atoms with Crippen molar-refractivity contribution in [3.63, 3.8) is 0 Å². The largest absolute Gasteiger partial charge is 0.377 e. The Morgan fingerprint density at radius 2 is 1.86 bits per heavy atom. The van der Waals surface area contributed by atoms with Crippen LogP contribution in [0.3, 0.4) is 0 Å². The number of aromatic nitrogens is 7. The molecule has 8 heteroatoms. The Labute approximate surface area is 168 Å². The molecule has 0 N–H and O–H groups in total. The fourth-order valence-corrected chi connectivity index (χ4v) is 4.04. The molecule has 1 aromatic carbocycles. The van der Waals surface area contributed by atoms with E-state index in [9.17, 15) is 0 Å². The highest BCUT2D eigenvalue weighted by Gasteiger charge is 2.44. The second-order valence-corrected chi connectivity index (χ2v) is 7.58. The highest BCUT2D eigenvalue weighted by Crippen LogP contribution is 2.54. The van der Waals surface area contributed by atoms with Gasteiger partial charge in [-0.2, -0.15) is 4.68 Å². The van der Waals surface area contributed by atoms with Crippen molar-refractivity contribution in [1.29, 1.82) is 0 Å². The number of fused-ring (bicyclic) bond motifs is 1. The quantitative estimate of drug-likeness (QED) is 0.522. The van der Waals surface area contributed by atoms with Gasteiger partial charge in [-0.05, 0) is 32.4 Å². The molecule has 3 heterocycles. The lowest BCUT2D eigenvalue weighted by molar-refractivity contribution is 0.175. The topological polar surface area (TPSA) is 83.5 Å². The third-order valence-electron chi connectivity index (χ3n) is 5.44. The Balaban J connectivity index is 1.49. The van der Waals surface area contributed by atoms with E-state index in [0.29, 0.717) is 24.3 Å². The molecule has 5 rings (SSSR count). The van der Waals surface area contributed by atoms with Crippen LogP contribution in [0, 0.1) is 13.8 Å². The van der Waals surface area contributed by atoms with E-state index in [4.69, 9.17) is 14.7 Å². The van der Waals surface area contributed by atoms with Crippen LogP contribution < -0.4 is 0 Å². The predicted molar refractivity (Wildman–Crippen MR) is 108 cm³/mol. The maximum Gasteiger partial charge on any atom is 0.160 e. The van der Waals surface area contributed by atoms with Gasteiger partial charge in [0, 0.05) is 32.1 Å². The molecule has 0 saturated heterocycles. The molecule has 1 fully saturated rings. The average Bonchev–Trinajstić information content (AvgIpc) is 3.31.